The van der Waals surface area contributed by atoms with Crippen molar-refractivity contribution in [3.63, 3.8) is 0 Å². The molecule has 0 saturated heterocycles. The Morgan fingerprint density at radius 2 is 2.17 bits per heavy atom. The van der Waals surface area contributed by atoms with Crippen LogP contribution in [0.15, 0.2) is 12.1 Å². The predicted molar refractivity (Wildman–Crippen MR) is 70.0 cm³/mol. The highest BCUT2D eigenvalue weighted by Crippen LogP contribution is 2.35. The lowest BCUT2D eigenvalue weighted by Crippen LogP contribution is -2.22. The van der Waals surface area contributed by atoms with E-state index in [1.165, 1.54) is 7.11 Å². The van der Waals surface area contributed by atoms with Crippen LogP contribution in [0.25, 0.3) is 0 Å². The summed E-state index contributed by atoms with van der Waals surface area (Å²) < 4.78 is 10.5. The number of ether oxygens (including phenoxy) is 2. The summed E-state index contributed by atoms with van der Waals surface area (Å²) in [6, 6.07) is 3.29. The number of carbonyl (C=O) groups excluding carboxylic acids is 1. The van der Waals surface area contributed by atoms with Crippen molar-refractivity contribution in [2.45, 2.75) is 19.4 Å². The Hall–Kier alpha value is -1.46. The largest absolute Gasteiger partial charge is 0.493 e. The average Bonchev–Trinajstić information content (AvgIpc) is 2.25. The fraction of sp³-hybridized carbons (Fsp3) is 0.417. The number of nitrogens with two attached hydrogens (primary N) is 2. The lowest BCUT2D eigenvalue weighted by atomic mass is 10.1. The van der Waals surface area contributed by atoms with Crippen LogP contribution in [-0.4, -0.2) is 25.7 Å². The number of carbonyl (C=O) groups is 1. The second-order valence-corrected chi connectivity index (χ2v) is 4.47. The Labute approximate surface area is 111 Å². The van der Waals surface area contributed by atoms with Crippen LogP contribution in [0.1, 0.15) is 12.5 Å². The first-order valence-electron chi connectivity index (χ1n) is 5.47. The number of hydrogen-bond acceptors (Lipinski definition) is 4. The maximum absolute atomic E-state index is 10.8. The normalized spacial score (nSPS) is 12.0. The third kappa shape index (κ3) is 4.09. The van der Waals surface area contributed by atoms with Gasteiger partial charge in [0.05, 0.1) is 7.11 Å². The van der Waals surface area contributed by atoms with Gasteiger partial charge in [0.15, 0.2) is 18.1 Å². The molecule has 0 radical (unpaired) electrons. The molecule has 5 nitrogen and oxygen atoms in total. The van der Waals surface area contributed by atoms with Crippen LogP contribution >= 0.6 is 11.6 Å². The highest BCUT2D eigenvalue weighted by Gasteiger charge is 2.15. The number of amides is 1. The number of halogens is 1. The van der Waals surface area contributed by atoms with E-state index in [0.717, 1.165) is 5.56 Å². The van der Waals surface area contributed by atoms with Crippen molar-refractivity contribution in [3.8, 4) is 11.5 Å². The summed E-state index contributed by atoms with van der Waals surface area (Å²) in [5, 5.41) is 0.522. The lowest BCUT2D eigenvalue weighted by Gasteiger charge is -2.16. The van der Waals surface area contributed by atoms with Gasteiger partial charge in [0.25, 0.3) is 5.91 Å². The van der Waals surface area contributed by atoms with Gasteiger partial charge >= 0.3 is 0 Å². The molecular formula is C12H17ClN2O3. The SMILES string of the molecule is COc1cc(Cl)cc(CC(C)N)c1OCC(N)=O. The molecule has 1 atom stereocenters. The van der Waals surface area contributed by atoms with Crippen LogP contribution in [0.3, 0.4) is 0 Å². The van der Waals surface area contributed by atoms with Crippen LogP contribution in [-0.2, 0) is 11.2 Å². The molecule has 18 heavy (non-hydrogen) atoms. The van der Waals surface area contributed by atoms with Gasteiger partial charge < -0.3 is 20.9 Å². The third-order valence-electron chi connectivity index (χ3n) is 2.22. The van der Waals surface area contributed by atoms with E-state index in [9.17, 15) is 4.79 Å². The Morgan fingerprint density at radius 1 is 1.50 bits per heavy atom. The summed E-state index contributed by atoms with van der Waals surface area (Å²) in [5.74, 6) is 0.358. The first-order valence-corrected chi connectivity index (χ1v) is 5.85. The monoisotopic (exact) mass is 272 g/mol. The summed E-state index contributed by atoms with van der Waals surface area (Å²) >= 11 is 5.98. The van der Waals surface area contributed by atoms with Gasteiger partial charge in [-0.1, -0.05) is 11.6 Å². The molecule has 4 N–H and O–H groups in total. The van der Waals surface area contributed by atoms with Gasteiger partial charge in [-0.3, -0.25) is 4.79 Å². The molecule has 100 valence electrons. The van der Waals surface area contributed by atoms with Crippen LogP contribution in [0.2, 0.25) is 5.02 Å². The molecule has 0 bridgehead atoms. The molecule has 6 heteroatoms. The molecule has 0 aliphatic rings. The Morgan fingerprint density at radius 3 is 2.67 bits per heavy atom. The minimum atomic E-state index is -0.557. The zero-order valence-electron chi connectivity index (χ0n) is 10.4. The van der Waals surface area contributed by atoms with Crippen molar-refractivity contribution >= 4 is 17.5 Å². The number of rotatable bonds is 6. The highest BCUT2D eigenvalue weighted by atomic mass is 35.5. The van der Waals surface area contributed by atoms with Crippen molar-refractivity contribution in [1.82, 2.24) is 0 Å². The van der Waals surface area contributed by atoms with E-state index in [2.05, 4.69) is 0 Å². The molecule has 1 rings (SSSR count). The van der Waals surface area contributed by atoms with Crippen molar-refractivity contribution in [1.29, 1.82) is 0 Å². The van der Waals surface area contributed by atoms with E-state index in [0.29, 0.717) is 22.9 Å². The average molecular weight is 273 g/mol. The molecule has 0 heterocycles. The molecule has 0 aliphatic heterocycles. The topological polar surface area (TPSA) is 87.6 Å². The molecule has 1 amide bonds. The Bertz CT molecular complexity index is 436. The lowest BCUT2D eigenvalue weighted by molar-refractivity contribution is -0.119. The van der Waals surface area contributed by atoms with E-state index in [1.54, 1.807) is 12.1 Å². The molecule has 0 saturated carbocycles. The zero-order chi connectivity index (χ0) is 13.7. The molecule has 0 fully saturated rings. The minimum absolute atomic E-state index is 0.0656. The molecule has 1 unspecified atom stereocenters. The van der Waals surface area contributed by atoms with Gasteiger partial charge in [0, 0.05) is 22.7 Å². The maximum atomic E-state index is 10.8. The number of benzene rings is 1. The predicted octanol–water partition coefficient (Wildman–Crippen LogP) is 1.10. The van der Waals surface area contributed by atoms with Crippen molar-refractivity contribution in [2.24, 2.45) is 11.5 Å². The maximum Gasteiger partial charge on any atom is 0.255 e. The van der Waals surface area contributed by atoms with Crippen LogP contribution in [0.4, 0.5) is 0 Å². The molecular weight excluding hydrogens is 256 g/mol. The summed E-state index contributed by atoms with van der Waals surface area (Å²) in [4.78, 5) is 10.8. The summed E-state index contributed by atoms with van der Waals surface area (Å²) in [5.41, 5.74) is 11.6. The standard InChI is InChI=1S/C12H17ClN2O3/c1-7(14)3-8-4-9(13)5-10(17-2)12(8)18-6-11(15)16/h4-5,7H,3,6,14H2,1-2H3,(H2,15,16). The summed E-state index contributed by atoms with van der Waals surface area (Å²) in [6.45, 7) is 1.65. The van der Waals surface area contributed by atoms with Crippen LogP contribution < -0.4 is 20.9 Å². The van der Waals surface area contributed by atoms with E-state index in [-0.39, 0.29) is 12.6 Å². The van der Waals surface area contributed by atoms with Gasteiger partial charge in [-0.15, -0.1) is 0 Å². The Balaban J connectivity index is 3.10. The van der Waals surface area contributed by atoms with Crippen molar-refractivity contribution < 1.29 is 14.3 Å². The smallest absolute Gasteiger partial charge is 0.255 e. The molecule has 1 aromatic rings. The molecule has 1 aromatic carbocycles. The van der Waals surface area contributed by atoms with Gasteiger partial charge in [0.1, 0.15) is 0 Å². The third-order valence-corrected chi connectivity index (χ3v) is 2.44. The van der Waals surface area contributed by atoms with Gasteiger partial charge in [0.2, 0.25) is 0 Å². The Kier molecular flexibility index (Phi) is 5.25. The second kappa shape index (κ2) is 6.47. The molecule has 0 aliphatic carbocycles. The molecule has 0 spiro atoms. The first kappa shape index (κ1) is 14.6. The van der Waals surface area contributed by atoms with E-state index >= 15 is 0 Å². The van der Waals surface area contributed by atoms with Gasteiger partial charge in [-0.05, 0) is 19.4 Å². The van der Waals surface area contributed by atoms with E-state index in [1.807, 2.05) is 6.92 Å². The van der Waals surface area contributed by atoms with Crippen molar-refractivity contribution in [2.75, 3.05) is 13.7 Å². The first-order chi connectivity index (χ1) is 8.43. The minimum Gasteiger partial charge on any atom is -0.493 e. The van der Waals surface area contributed by atoms with Crippen LogP contribution in [0.5, 0.6) is 11.5 Å². The van der Waals surface area contributed by atoms with E-state index < -0.39 is 5.91 Å². The van der Waals surface area contributed by atoms with Crippen molar-refractivity contribution in [3.05, 3.63) is 22.7 Å². The zero-order valence-corrected chi connectivity index (χ0v) is 11.2. The number of hydrogen-bond donors (Lipinski definition) is 2. The summed E-state index contributed by atoms with van der Waals surface area (Å²) in [6.07, 6.45) is 0.561. The molecule has 0 aromatic heterocycles. The van der Waals surface area contributed by atoms with Gasteiger partial charge in [-0.25, -0.2) is 0 Å². The highest BCUT2D eigenvalue weighted by molar-refractivity contribution is 6.30. The second-order valence-electron chi connectivity index (χ2n) is 4.03. The van der Waals surface area contributed by atoms with E-state index in [4.69, 9.17) is 32.5 Å². The number of methoxy groups -OCH3 is 1. The quantitative estimate of drug-likeness (QED) is 0.812. The number of primary amides is 1. The van der Waals surface area contributed by atoms with Gasteiger partial charge in [-0.2, -0.15) is 0 Å². The fourth-order valence-corrected chi connectivity index (χ4v) is 1.81. The van der Waals surface area contributed by atoms with Crippen LogP contribution in [0, 0.1) is 0 Å². The summed E-state index contributed by atoms with van der Waals surface area (Å²) in [7, 11) is 1.50. The fourth-order valence-electron chi connectivity index (χ4n) is 1.58.